The van der Waals surface area contributed by atoms with Crippen molar-refractivity contribution >= 4 is 34.8 Å². The monoisotopic (exact) mass is 306 g/mol. The minimum atomic E-state index is -2.61. The third-order valence-electron chi connectivity index (χ3n) is 2.42. The summed E-state index contributed by atoms with van der Waals surface area (Å²) in [5.41, 5.74) is 0.777. The van der Waals surface area contributed by atoms with Crippen molar-refractivity contribution in [3.05, 3.63) is 57.0 Å². The van der Waals surface area contributed by atoms with Crippen molar-refractivity contribution < 1.29 is 8.78 Å². The third-order valence-corrected chi connectivity index (χ3v) is 3.09. The fraction of sp³-hybridized carbons (Fsp3) is 0.0769. The highest BCUT2D eigenvalue weighted by Crippen LogP contribution is 2.35. The second kappa shape index (κ2) is 5.43. The molecule has 0 saturated carbocycles. The minimum Gasteiger partial charge on any atom is -0.205 e. The molecular weight excluding hydrogens is 300 g/mol. The molecule has 0 bridgehead atoms. The van der Waals surface area contributed by atoms with Crippen molar-refractivity contribution in [2.75, 3.05) is 0 Å². The Morgan fingerprint density at radius 1 is 0.778 bits per heavy atom. The van der Waals surface area contributed by atoms with E-state index in [0.29, 0.717) is 21.2 Å². The van der Waals surface area contributed by atoms with Gasteiger partial charge in [-0.15, -0.1) is 0 Å². The summed E-state index contributed by atoms with van der Waals surface area (Å²) >= 11 is 17.5. The molecule has 94 valence electrons. The summed E-state index contributed by atoms with van der Waals surface area (Å²) in [6, 6.07) is 9.05. The zero-order valence-electron chi connectivity index (χ0n) is 8.93. The van der Waals surface area contributed by atoms with E-state index < -0.39 is 6.43 Å². The first kappa shape index (κ1) is 13.6. The molecule has 18 heavy (non-hydrogen) atoms. The summed E-state index contributed by atoms with van der Waals surface area (Å²) in [6.07, 6.45) is -2.61. The van der Waals surface area contributed by atoms with Crippen LogP contribution < -0.4 is 0 Å². The highest BCUT2D eigenvalue weighted by molar-refractivity contribution is 6.35. The fourth-order valence-corrected chi connectivity index (χ4v) is 2.39. The predicted molar refractivity (Wildman–Crippen MR) is 71.9 cm³/mol. The summed E-state index contributed by atoms with van der Waals surface area (Å²) in [5, 5.41) is 1.06. The number of rotatable bonds is 2. The quantitative estimate of drug-likeness (QED) is 0.615. The van der Waals surface area contributed by atoms with Crippen molar-refractivity contribution in [2.45, 2.75) is 6.43 Å². The first-order chi connectivity index (χ1) is 8.47. The van der Waals surface area contributed by atoms with Gasteiger partial charge in [-0.05, 0) is 41.5 Å². The van der Waals surface area contributed by atoms with Crippen LogP contribution >= 0.6 is 34.8 Å². The number of hydrogen-bond donors (Lipinski definition) is 0. The number of halogens is 5. The molecule has 2 aromatic carbocycles. The van der Waals surface area contributed by atoms with Crippen LogP contribution in [-0.2, 0) is 0 Å². The van der Waals surface area contributed by atoms with Crippen molar-refractivity contribution in [2.24, 2.45) is 0 Å². The molecule has 2 aromatic rings. The summed E-state index contributed by atoms with van der Waals surface area (Å²) in [6.45, 7) is 0. The largest absolute Gasteiger partial charge is 0.264 e. The molecule has 0 N–H and O–H groups in total. The van der Waals surface area contributed by atoms with Crippen molar-refractivity contribution in [3.63, 3.8) is 0 Å². The van der Waals surface area contributed by atoms with Crippen LogP contribution in [0.5, 0.6) is 0 Å². The molecule has 0 aromatic heterocycles. The molecule has 0 unspecified atom stereocenters. The van der Waals surface area contributed by atoms with Crippen molar-refractivity contribution in [3.8, 4) is 11.1 Å². The molecule has 0 fully saturated rings. The average Bonchev–Trinajstić information content (AvgIpc) is 2.27. The lowest BCUT2D eigenvalue weighted by Gasteiger charge is -2.10. The van der Waals surface area contributed by atoms with Gasteiger partial charge in [-0.1, -0.05) is 40.9 Å². The molecule has 0 spiro atoms. The Balaban J connectivity index is 2.63. The standard InChI is InChI=1S/C13H7Cl3F2/c14-8-1-2-11(12(6-8)13(17)18)7-3-9(15)5-10(16)4-7/h1-6,13H. The first-order valence-corrected chi connectivity index (χ1v) is 6.15. The molecule has 5 heteroatoms. The van der Waals surface area contributed by atoms with Crippen LogP contribution in [0.15, 0.2) is 36.4 Å². The highest BCUT2D eigenvalue weighted by Gasteiger charge is 2.15. The van der Waals surface area contributed by atoms with E-state index in [0.717, 1.165) is 0 Å². The minimum absolute atomic E-state index is 0.138. The second-order valence-electron chi connectivity index (χ2n) is 3.69. The lowest BCUT2D eigenvalue weighted by molar-refractivity contribution is 0.152. The molecule has 0 saturated heterocycles. The van der Waals surface area contributed by atoms with Gasteiger partial charge in [0.05, 0.1) is 0 Å². The Morgan fingerprint density at radius 2 is 1.39 bits per heavy atom. The summed E-state index contributed by atoms with van der Waals surface area (Å²) in [5.74, 6) is 0. The predicted octanol–water partition coefficient (Wildman–Crippen LogP) is 6.25. The van der Waals surface area contributed by atoms with E-state index in [2.05, 4.69) is 0 Å². The summed E-state index contributed by atoms with van der Waals surface area (Å²) in [4.78, 5) is 0. The zero-order valence-corrected chi connectivity index (χ0v) is 11.2. The SMILES string of the molecule is FC(F)c1cc(Cl)ccc1-c1cc(Cl)cc(Cl)c1. The number of hydrogen-bond acceptors (Lipinski definition) is 0. The molecule has 0 amide bonds. The number of benzene rings is 2. The van der Waals surface area contributed by atoms with Gasteiger partial charge in [0.15, 0.2) is 0 Å². The molecule has 0 aliphatic carbocycles. The van der Waals surface area contributed by atoms with Gasteiger partial charge in [-0.25, -0.2) is 8.78 Å². The van der Waals surface area contributed by atoms with Gasteiger partial charge >= 0.3 is 0 Å². The van der Waals surface area contributed by atoms with Gasteiger partial charge in [0.25, 0.3) is 6.43 Å². The van der Waals surface area contributed by atoms with Gasteiger partial charge in [-0.3, -0.25) is 0 Å². The van der Waals surface area contributed by atoms with E-state index in [1.54, 1.807) is 24.3 Å². The lowest BCUT2D eigenvalue weighted by atomic mass is 10.00. The summed E-state index contributed by atoms with van der Waals surface area (Å²) < 4.78 is 25.9. The van der Waals surface area contributed by atoms with Gasteiger partial charge in [0, 0.05) is 20.6 Å². The van der Waals surface area contributed by atoms with E-state index in [1.807, 2.05) is 0 Å². The Kier molecular flexibility index (Phi) is 4.10. The number of alkyl halides is 2. The van der Waals surface area contributed by atoms with Crippen LogP contribution in [0.4, 0.5) is 8.78 Å². The van der Waals surface area contributed by atoms with E-state index in [4.69, 9.17) is 34.8 Å². The van der Waals surface area contributed by atoms with Crippen molar-refractivity contribution in [1.82, 2.24) is 0 Å². The molecule has 0 aliphatic heterocycles. The maximum absolute atomic E-state index is 13.0. The van der Waals surface area contributed by atoms with Gasteiger partial charge < -0.3 is 0 Å². The van der Waals surface area contributed by atoms with Crippen LogP contribution in [0.25, 0.3) is 11.1 Å². The molecule has 0 heterocycles. The van der Waals surface area contributed by atoms with Gasteiger partial charge in [0.1, 0.15) is 0 Å². The van der Waals surface area contributed by atoms with Gasteiger partial charge in [-0.2, -0.15) is 0 Å². The second-order valence-corrected chi connectivity index (χ2v) is 5.00. The molecule has 0 nitrogen and oxygen atoms in total. The Morgan fingerprint density at radius 3 is 1.94 bits per heavy atom. The zero-order chi connectivity index (χ0) is 13.3. The topological polar surface area (TPSA) is 0 Å². The molecular formula is C13H7Cl3F2. The van der Waals surface area contributed by atoms with Crippen LogP contribution in [0.3, 0.4) is 0 Å². The van der Waals surface area contributed by atoms with Crippen LogP contribution in [0.2, 0.25) is 15.1 Å². The fourth-order valence-electron chi connectivity index (χ4n) is 1.69. The lowest BCUT2D eigenvalue weighted by Crippen LogP contribution is -1.90. The maximum atomic E-state index is 13.0. The van der Waals surface area contributed by atoms with Gasteiger partial charge in [0.2, 0.25) is 0 Å². The highest BCUT2D eigenvalue weighted by atomic mass is 35.5. The van der Waals surface area contributed by atoms with E-state index in [9.17, 15) is 8.78 Å². The maximum Gasteiger partial charge on any atom is 0.264 e. The molecule has 0 aliphatic rings. The smallest absolute Gasteiger partial charge is 0.205 e. The normalized spacial score (nSPS) is 11.0. The third kappa shape index (κ3) is 2.94. The Bertz CT molecular complexity index is 562. The molecule has 0 radical (unpaired) electrons. The summed E-state index contributed by atoms with van der Waals surface area (Å²) in [7, 11) is 0. The van der Waals surface area contributed by atoms with E-state index in [-0.39, 0.29) is 10.6 Å². The van der Waals surface area contributed by atoms with E-state index >= 15 is 0 Å². The molecule has 2 rings (SSSR count). The van der Waals surface area contributed by atoms with Crippen molar-refractivity contribution in [1.29, 1.82) is 0 Å². The van der Waals surface area contributed by atoms with E-state index in [1.165, 1.54) is 12.1 Å². The van der Waals surface area contributed by atoms with Crippen LogP contribution in [0, 0.1) is 0 Å². The first-order valence-electron chi connectivity index (χ1n) is 5.01. The van der Waals surface area contributed by atoms with Crippen LogP contribution in [0.1, 0.15) is 12.0 Å². The Labute approximate surface area is 118 Å². The molecule has 0 atom stereocenters. The van der Waals surface area contributed by atoms with Crippen LogP contribution in [-0.4, -0.2) is 0 Å². The Hall–Kier alpha value is -0.830. The average molecular weight is 308 g/mol.